The highest BCUT2D eigenvalue weighted by Crippen LogP contribution is 2.24. The van der Waals surface area contributed by atoms with Crippen molar-refractivity contribution in [3.05, 3.63) is 81.9 Å². The van der Waals surface area contributed by atoms with Crippen LogP contribution in [0, 0.1) is 0 Å². The zero-order valence-corrected chi connectivity index (χ0v) is 19.1. The molecule has 4 aromatic rings. The molecule has 0 unspecified atom stereocenters. The quantitative estimate of drug-likeness (QED) is 0.313. The summed E-state index contributed by atoms with van der Waals surface area (Å²) in [6.45, 7) is 4.45. The zero-order valence-electron chi connectivity index (χ0n) is 16.7. The summed E-state index contributed by atoms with van der Waals surface area (Å²) >= 11 is 5.19. The second-order valence-electron chi connectivity index (χ2n) is 6.75. The molecule has 0 spiro atoms. The number of hydrogen-bond donors (Lipinski definition) is 0. The molecule has 0 aliphatic heterocycles. The molecule has 30 heavy (non-hydrogen) atoms. The summed E-state index contributed by atoms with van der Waals surface area (Å²) in [7, 11) is 0. The molecule has 0 saturated heterocycles. The Balaban J connectivity index is 1.65. The first-order valence-corrected chi connectivity index (χ1v) is 11.6. The maximum atomic E-state index is 5.54. The first-order valence-electron chi connectivity index (χ1n) is 9.90. The van der Waals surface area contributed by atoms with Crippen molar-refractivity contribution in [2.45, 2.75) is 26.4 Å². The van der Waals surface area contributed by atoms with E-state index in [0.29, 0.717) is 6.61 Å². The molecule has 0 atom stereocenters. The number of nitrogens with zero attached hydrogens (tertiary/aromatic N) is 4. The van der Waals surface area contributed by atoms with Crippen molar-refractivity contribution < 1.29 is 4.74 Å². The number of hydrogen-bond acceptors (Lipinski definition) is 4. The van der Waals surface area contributed by atoms with Gasteiger partial charge in [0.15, 0.2) is 4.80 Å². The van der Waals surface area contributed by atoms with E-state index in [9.17, 15) is 0 Å². The fourth-order valence-electron chi connectivity index (χ4n) is 3.21. The molecule has 2 heterocycles. The second-order valence-corrected chi connectivity index (χ2v) is 8.51. The van der Waals surface area contributed by atoms with Crippen LogP contribution in [-0.2, 0) is 13.1 Å². The van der Waals surface area contributed by atoms with E-state index < -0.39 is 0 Å². The molecule has 2 aromatic carbocycles. The van der Waals surface area contributed by atoms with Gasteiger partial charge in [0.25, 0.3) is 0 Å². The second kappa shape index (κ2) is 9.91. The van der Waals surface area contributed by atoms with Crippen LogP contribution in [-0.4, -0.2) is 20.7 Å². The third-order valence-electron chi connectivity index (χ3n) is 4.67. The standard InChI is InChI=1S/C23H23BrN4OS/c1-2-29-21-10-8-20(9-11-21)26-23-28(14-3-13-27-15-12-25-17-27)22(16-30-23)18-4-6-19(24)7-5-18/h4-12,15-17H,2-3,13-14H2,1H3. The molecule has 0 bridgehead atoms. The van der Waals surface area contributed by atoms with E-state index in [4.69, 9.17) is 9.73 Å². The normalized spacial score (nSPS) is 11.7. The van der Waals surface area contributed by atoms with E-state index in [2.05, 4.69) is 59.7 Å². The lowest BCUT2D eigenvalue weighted by atomic mass is 10.2. The predicted octanol–water partition coefficient (Wildman–Crippen LogP) is 5.90. The summed E-state index contributed by atoms with van der Waals surface area (Å²) in [6.07, 6.45) is 6.67. The van der Waals surface area contributed by atoms with E-state index in [1.165, 1.54) is 11.3 Å². The molecule has 2 aromatic heterocycles. The number of rotatable bonds is 8. The number of aromatic nitrogens is 3. The summed E-state index contributed by atoms with van der Waals surface area (Å²) < 4.78 is 11.0. The van der Waals surface area contributed by atoms with Gasteiger partial charge in [0.2, 0.25) is 0 Å². The van der Waals surface area contributed by atoms with Crippen LogP contribution in [0.25, 0.3) is 11.3 Å². The molecule has 7 heteroatoms. The van der Waals surface area contributed by atoms with Crippen LogP contribution in [0.3, 0.4) is 0 Å². The van der Waals surface area contributed by atoms with E-state index in [0.717, 1.165) is 40.2 Å². The van der Waals surface area contributed by atoms with Crippen LogP contribution in [0.1, 0.15) is 13.3 Å². The molecule has 4 rings (SSSR count). The summed E-state index contributed by atoms with van der Waals surface area (Å²) in [5.74, 6) is 0.867. The highest BCUT2D eigenvalue weighted by Gasteiger charge is 2.09. The number of aryl methyl sites for hydroxylation is 1. The number of halogens is 1. The van der Waals surface area contributed by atoms with Gasteiger partial charge in [-0.05, 0) is 55.3 Å². The summed E-state index contributed by atoms with van der Waals surface area (Å²) in [6, 6.07) is 16.4. The van der Waals surface area contributed by atoms with E-state index in [-0.39, 0.29) is 0 Å². The van der Waals surface area contributed by atoms with Crippen molar-refractivity contribution in [2.75, 3.05) is 6.61 Å². The van der Waals surface area contributed by atoms with Crippen LogP contribution < -0.4 is 9.54 Å². The lowest BCUT2D eigenvalue weighted by Gasteiger charge is -2.10. The molecule has 0 aliphatic rings. The maximum Gasteiger partial charge on any atom is 0.190 e. The molecular formula is C23H23BrN4OS. The van der Waals surface area contributed by atoms with Gasteiger partial charge in [-0.25, -0.2) is 9.98 Å². The molecule has 0 fully saturated rings. The van der Waals surface area contributed by atoms with Gasteiger partial charge in [0, 0.05) is 35.3 Å². The Morgan fingerprint density at radius 1 is 1.07 bits per heavy atom. The third kappa shape index (κ3) is 5.09. The Morgan fingerprint density at radius 2 is 1.87 bits per heavy atom. The lowest BCUT2D eigenvalue weighted by Crippen LogP contribution is -2.17. The first kappa shape index (κ1) is 20.6. The fourth-order valence-corrected chi connectivity index (χ4v) is 4.43. The number of imidazole rings is 1. The van der Waals surface area contributed by atoms with Crippen LogP contribution >= 0.6 is 27.3 Å². The third-order valence-corrected chi connectivity index (χ3v) is 6.06. The van der Waals surface area contributed by atoms with Crippen LogP contribution in [0.15, 0.2) is 82.1 Å². The lowest BCUT2D eigenvalue weighted by molar-refractivity contribution is 0.340. The van der Waals surface area contributed by atoms with E-state index >= 15 is 0 Å². The SMILES string of the molecule is CCOc1ccc(N=c2scc(-c3ccc(Br)cc3)n2CCCn2ccnc2)cc1. The largest absolute Gasteiger partial charge is 0.494 e. The molecule has 0 amide bonds. The van der Waals surface area contributed by atoms with Crippen LogP contribution in [0.5, 0.6) is 5.75 Å². The Kier molecular flexibility index (Phi) is 6.81. The fraction of sp³-hybridized carbons (Fsp3) is 0.217. The van der Waals surface area contributed by atoms with Crippen LogP contribution in [0.4, 0.5) is 5.69 Å². The number of benzene rings is 2. The van der Waals surface area contributed by atoms with E-state index in [1.54, 1.807) is 11.3 Å². The molecule has 0 radical (unpaired) electrons. The number of thiazole rings is 1. The van der Waals surface area contributed by atoms with Gasteiger partial charge < -0.3 is 13.9 Å². The Hall–Kier alpha value is -2.64. The maximum absolute atomic E-state index is 5.54. The van der Waals surface area contributed by atoms with Crippen molar-refractivity contribution in [3.63, 3.8) is 0 Å². The topological polar surface area (TPSA) is 44.3 Å². The minimum Gasteiger partial charge on any atom is -0.494 e. The van der Waals surface area contributed by atoms with Gasteiger partial charge in [-0.3, -0.25) is 0 Å². The predicted molar refractivity (Wildman–Crippen MR) is 125 cm³/mol. The monoisotopic (exact) mass is 482 g/mol. The van der Waals surface area contributed by atoms with Crippen molar-refractivity contribution in [2.24, 2.45) is 4.99 Å². The zero-order chi connectivity index (χ0) is 20.8. The van der Waals surface area contributed by atoms with Gasteiger partial charge in [-0.1, -0.05) is 28.1 Å². The highest BCUT2D eigenvalue weighted by molar-refractivity contribution is 9.10. The van der Waals surface area contributed by atoms with Gasteiger partial charge in [0.1, 0.15) is 5.75 Å². The van der Waals surface area contributed by atoms with Crippen molar-refractivity contribution in [1.29, 1.82) is 0 Å². The van der Waals surface area contributed by atoms with Crippen molar-refractivity contribution in [3.8, 4) is 17.0 Å². The highest BCUT2D eigenvalue weighted by atomic mass is 79.9. The Labute approximate surface area is 188 Å². The molecule has 154 valence electrons. The van der Waals surface area contributed by atoms with Gasteiger partial charge in [0.05, 0.1) is 24.3 Å². The van der Waals surface area contributed by atoms with Gasteiger partial charge in [-0.2, -0.15) is 0 Å². The Bertz CT molecular complexity index is 1130. The number of ether oxygens (including phenoxy) is 1. The van der Waals surface area contributed by atoms with Gasteiger partial charge in [-0.15, -0.1) is 11.3 Å². The summed E-state index contributed by atoms with van der Waals surface area (Å²) in [4.78, 5) is 10.0. The molecule has 0 saturated carbocycles. The molecule has 5 nitrogen and oxygen atoms in total. The Morgan fingerprint density at radius 3 is 2.57 bits per heavy atom. The smallest absolute Gasteiger partial charge is 0.190 e. The molecule has 0 aliphatic carbocycles. The summed E-state index contributed by atoms with van der Waals surface area (Å²) in [5.41, 5.74) is 3.29. The first-order chi connectivity index (χ1) is 14.7. The van der Waals surface area contributed by atoms with Crippen molar-refractivity contribution in [1.82, 2.24) is 14.1 Å². The molecule has 0 N–H and O–H groups in total. The van der Waals surface area contributed by atoms with Crippen molar-refractivity contribution >= 4 is 33.0 Å². The summed E-state index contributed by atoms with van der Waals surface area (Å²) in [5, 5.41) is 2.19. The van der Waals surface area contributed by atoms with Crippen LogP contribution in [0.2, 0.25) is 0 Å². The molecular weight excluding hydrogens is 460 g/mol. The van der Waals surface area contributed by atoms with E-state index in [1.807, 2.05) is 49.9 Å². The minimum atomic E-state index is 0.662. The average molecular weight is 483 g/mol. The minimum absolute atomic E-state index is 0.662. The average Bonchev–Trinajstić information content (AvgIpc) is 3.41. The van der Waals surface area contributed by atoms with Gasteiger partial charge >= 0.3 is 0 Å².